The third-order valence-electron chi connectivity index (χ3n) is 13.1. The van der Waals surface area contributed by atoms with E-state index in [0.717, 1.165) is 61.9 Å². The molecule has 1 aliphatic heterocycles. The lowest BCUT2D eigenvalue weighted by Crippen LogP contribution is -2.50. The molecule has 9 atom stereocenters. The van der Waals surface area contributed by atoms with Crippen molar-refractivity contribution in [1.82, 2.24) is 10.4 Å². The van der Waals surface area contributed by atoms with E-state index in [2.05, 4.69) is 47.2 Å². The lowest BCUT2D eigenvalue weighted by molar-refractivity contribution is -0.181. The monoisotopic (exact) mass is 721 g/mol. The third-order valence-corrected chi connectivity index (χ3v) is 13.1. The molecule has 0 bridgehead atoms. The summed E-state index contributed by atoms with van der Waals surface area (Å²) in [7, 11) is 2.03. The summed E-state index contributed by atoms with van der Waals surface area (Å²) in [5, 5.41) is 47.8. The van der Waals surface area contributed by atoms with Crippen molar-refractivity contribution in [2.75, 3.05) is 31.6 Å². The van der Waals surface area contributed by atoms with Gasteiger partial charge in [0.15, 0.2) is 0 Å². The van der Waals surface area contributed by atoms with Gasteiger partial charge in [-0.15, -0.1) is 0 Å². The largest absolute Gasteiger partial charge is 0.508 e. The number of para-hydroxylation sites is 1. The number of carbonyl (C=O) groups is 1. The molecule has 282 valence electrons. The summed E-state index contributed by atoms with van der Waals surface area (Å²) in [6, 6.07) is 22.9. The van der Waals surface area contributed by atoms with Crippen LogP contribution in [0.3, 0.4) is 0 Å². The predicted molar refractivity (Wildman–Crippen MR) is 205 cm³/mol. The van der Waals surface area contributed by atoms with E-state index in [-0.39, 0.29) is 24.5 Å². The van der Waals surface area contributed by atoms with Crippen molar-refractivity contribution in [3.63, 3.8) is 0 Å². The smallest absolute Gasteiger partial charge is 0.240 e. The number of hydroxylamine groups is 2. The van der Waals surface area contributed by atoms with E-state index in [4.69, 9.17) is 4.84 Å². The molecule has 4 aliphatic rings. The number of nitrogens with one attached hydrogen (secondary N) is 1. The Morgan fingerprint density at radius 3 is 2.66 bits per heavy atom. The van der Waals surface area contributed by atoms with Crippen molar-refractivity contribution in [2.45, 2.75) is 95.1 Å². The molecular formula is C44H55N3O6. The fraction of sp³-hybridized carbons (Fsp3) is 0.523. The summed E-state index contributed by atoms with van der Waals surface area (Å²) in [6.07, 6.45) is 4.68. The molecule has 3 fully saturated rings. The van der Waals surface area contributed by atoms with Gasteiger partial charge in [0.1, 0.15) is 23.5 Å². The minimum atomic E-state index is -1.09. The van der Waals surface area contributed by atoms with Gasteiger partial charge in [-0.3, -0.25) is 9.63 Å². The maximum absolute atomic E-state index is 13.7. The van der Waals surface area contributed by atoms with Crippen LogP contribution in [0.15, 0.2) is 72.8 Å². The summed E-state index contributed by atoms with van der Waals surface area (Å²) in [5.74, 6) is 7.52. The van der Waals surface area contributed by atoms with E-state index in [1.54, 1.807) is 12.0 Å². The van der Waals surface area contributed by atoms with E-state index in [9.17, 15) is 25.2 Å². The number of phenolic OH excluding ortho intramolecular Hbond substituents is 1. The van der Waals surface area contributed by atoms with Gasteiger partial charge in [0.2, 0.25) is 5.91 Å². The number of aliphatic hydroxyl groups excluding tert-OH is 2. The molecule has 53 heavy (non-hydrogen) atoms. The first-order valence-electron chi connectivity index (χ1n) is 19.4. The molecule has 3 aromatic rings. The molecule has 1 heterocycles. The lowest BCUT2D eigenvalue weighted by atomic mass is 9.53. The van der Waals surface area contributed by atoms with E-state index < -0.39 is 29.8 Å². The van der Waals surface area contributed by atoms with Crippen LogP contribution in [-0.4, -0.2) is 82.0 Å². The van der Waals surface area contributed by atoms with E-state index in [1.807, 2.05) is 61.6 Å². The molecule has 0 unspecified atom stereocenters. The molecule has 3 aliphatic carbocycles. The van der Waals surface area contributed by atoms with Gasteiger partial charge >= 0.3 is 0 Å². The molecule has 1 saturated heterocycles. The highest BCUT2D eigenvalue weighted by Crippen LogP contribution is 2.64. The first kappa shape index (κ1) is 37.4. The van der Waals surface area contributed by atoms with Gasteiger partial charge in [0.25, 0.3) is 0 Å². The molecule has 5 N–H and O–H groups in total. The summed E-state index contributed by atoms with van der Waals surface area (Å²) in [4.78, 5) is 22.0. The Balaban J connectivity index is 1.03. The maximum Gasteiger partial charge on any atom is 0.240 e. The standard InChI is InChI=1S/C44H55N3O6/c1-29(49)40-39(28-48)53-47(41(40)42(51)45-23-8-24-46(3)33-11-5-4-6-12-33)27-31-10-7-9-30(25-31)17-21-44(52)22-19-38-37-15-13-32-26-34(50)14-16-35(32)36(37)18-20-43(38,44)2/h4-7,9-12,14,16,25-26,29,36-41,48-50,52H,8,13,15,18-20,22-24,27-28H2,1-3H3,(H,45,51)/t29-,36+,37+,38-,39-,40+,41-,43-,44-/m0/s1. The summed E-state index contributed by atoms with van der Waals surface area (Å²) in [6.45, 7) is 5.04. The number of aliphatic hydroxyl groups is 3. The first-order chi connectivity index (χ1) is 25.5. The number of amides is 1. The van der Waals surface area contributed by atoms with Crippen molar-refractivity contribution in [3.05, 3.63) is 95.1 Å². The Hall–Kier alpha value is -3.91. The highest BCUT2D eigenvalue weighted by atomic mass is 16.7. The van der Waals surface area contributed by atoms with Gasteiger partial charge in [-0.25, -0.2) is 0 Å². The molecular weight excluding hydrogens is 666 g/mol. The lowest BCUT2D eigenvalue weighted by Gasteiger charge is -2.52. The molecule has 7 rings (SSSR count). The Morgan fingerprint density at radius 1 is 1.08 bits per heavy atom. The number of benzene rings is 3. The highest BCUT2D eigenvalue weighted by molar-refractivity contribution is 5.82. The van der Waals surface area contributed by atoms with Gasteiger partial charge in [0, 0.05) is 42.7 Å². The van der Waals surface area contributed by atoms with Crippen LogP contribution in [-0.2, 0) is 22.6 Å². The number of fused-ring (bicyclic) bond motifs is 5. The summed E-state index contributed by atoms with van der Waals surface area (Å²) >= 11 is 0. The minimum absolute atomic E-state index is 0.245. The average Bonchev–Trinajstić information content (AvgIpc) is 3.66. The molecule has 9 heteroatoms. The van der Waals surface area contributed by atoms with Gasteiger partial charge < -0.3 is 30.6 Å². The number of anilines is 1. The molecule has 3 aromatic carbocycles. The van der Waals surface area contributed by atoms with Gasteiger partial charge in [-0.05, 0) is 123 Å². The maximum atomic E-state index is 13.7. The molecule has 0 aromatic heterocycles. The second-order valence-corrected chi connectivity index (χ2v) is 16.2. The number of hydrogen-bond acceptors (Lipinski definition) is 8. The van der Waals surface area contributed by atoms with Crippen molar-refractivity contribution < 1.29 is 30.1 Å². The number of aromatic hydroxyl groups is 1. The van der Waals surface area contributed by atoms with E-state index in [1.165, 1.54) is 11.1 Å². The first-order valence-corrected chi connectivity index (χ1v) is 19.4. The second-order valence-electron chi connectivity index (χ2n) is 16.2. The molecule has 0 radical (unpaired) electrons. The van der Waals surface area contributed by atoms with Crippen LogP contribution in [0.2, 0.25) is 0 Å². The fourth-order valence-electron chi connectivity index (χ4n) is 10.2. The number of rotatable bonds is 10. The van der Waals surface area contributed by atoms with Gasteiger partial charge in [0.05, 0.1) is 19.3 Å². The van der Waals surface area contributed by atoms with Crippen LogP contribution >= 0.6 is 0 Å². The number of nitrogens with zero attached hydrogens (tertiary/aromatic N) is 2. The van der Waals surface area contributed by atoms with E-state index >= 15 is 0 Å². The van der Waals surface area contributed by atoms with Crippen LogP contribution in [0, 0.1) is 35.0 Å². The van der Waals surface area contributed by atoms with Crippen molar-refractivity contribution in [1.29, 1.82) is 0 Å². The topological polar surface area (TPSA) is 126 Å². The van der Waals surface area contributed by atoms with Crippen LogP contribution in [0.25, 0.3) is 0 Å². The quantitative estimate of drug-likeness (QED) is 0.144. The zero-order valence-corrected chi connectivity index (χ0v) is 31.2. The number of hydrogen-bond donors (Lipinski definition) is 5. The molecule has 2 saturated carbocycles. The average molecular weight is 722 g/mol. The summed E-state index contributed by atoms with van der Waals surface area (Å²) in [5.41, 5.74) is 4.00. The van der Waals surface area contributed by atoms with Crippen LogP contribution in [0.1, 0.15) is 80.5 Å². The molecule has 9 nitrogen and oxygen atoms in total. The second kappa shape index (κ2) is 15.4. The molecule has 1 amide bonds. The van der Waals surface area contributed by atoms with Crippen molar-refractivity contribution in [3.8, 4) is 17.6 Å². The Morgan fingerprint density at radius 2 is 1.89 bits per heavy atom. The zero-order chi connectivity index (χ0) is 37.3. The zero-order valence-electron chi connectivity index (χ0n) is 31.2. The third kappa shape index (κ3) is 7.33. The Kier molecular flexibility index (Phi) is 10.9. The van der Waals surface area contributed by atoms with E-state index in [0.29, 0.717) is 36.5 Å². The normalized spacial score (nSPS) is 31.1. The SMILES string of the molecule is C[C@H](O)[C@@H]1[C@H](CO)ON(Cc2cccc(C#C[C@]3(O)CC[C@H]4[C@@H]5CCc6cc(O)ccc6[C@H]5CC[C@@]43C)c2)[C@@H]1C(=O)NCCCN(C)c1ccccc1. The summed E-state index contributed by atoms with van der Waals surface area (Å²) < 4.78 is 0. The van der Waals surface area contributed by atoms with Crippen molar-refractivity contribution in [2.24, 2.45) is 23.2 Å². The van der Waals surface area contributed by atoms with Gasteiger partial charge in [-0.2, -0.15) is 5.06 Å². The number of phenols is 1. The van der Waals surface area contributed by atoms with Crippen molar-refractivity contribution >= 4 is 11.6 Å². The van der Waals surface area contributed by atoms with Gasteiger partial charge in [-0.1, -0.05) is 55.2 Å². The predicted octanol–water partition coefficient (Wildman–Crippen LogP) is 5.15. The Labute approximate surface area is 313 Å². The minimum Gasteiger partial charge on any atom is -0.508 e. The Bertz CT molecular complexity index is 1820. The number of carbonyl (C=O) groups excluding carboxylic acids is 1. The molecule has 0 spiro atoms. The van der Waals surface area contributed by atoms with Crippen LogP contribution in [0.4, 0.5) is 5.69 Å². The van der Waals surface area contributed by atoms with Crippen LogP contribution in [0.5, 0.6) is 5.75 Å². The fourth-order valence-corrected chi connectivity index (χ4v) is 10.2. The van der Waals surface area contributed by atoms with Crippen LogP contribution < -0.4 is 10.2 Å². The highest BCUT2D eigenvalue weighted by Gasteiger charge is 2.61. The number of aryl methyl sites for hydroxylation is 1.